The van der Waals surface area contributed by atoms with E-state index in [9.17, 15) is 4.79 Å². The van der Waals surface area contributed by atoms with Crippen LogP contribution in [-0.2, 0) is 22.5 Å². The van der Waals surface area contributed by atoms with E-state index in [4.69, 9.17) is 9.47 Å². The number of unbranched alkanes of at least 4 members (excludes halogenated alkanes) is 10. The van der Waals surface area contributed by atoms with Gasteiger partial charge in [0.05, 0.1) is 27.1 Å². The number of quaternary nitrogens is 1. The Labute approximate surface area is 233 Å². The van der Waals surface area contributed by atoms with Crippen LogP contribution in [-0.4, -0.2) is 37.4 Å². The quantitative estimate of drug-likeness (QED) is 0.0708. The van der Waals surface area contributed by atoms with E-state index in [1.165, 1.54) is 81.8 Å². The van der Waals surface area contributed by atoms with Gasteiger partial charge in [0.2, 0.25) is 6.29 Å². The van der Waals surface area contributed by atoms with Crippen LogP contribution in [0, 0.1) is 0 Å². The molecule has 0 bridgehead atoms. The molecule has 1 atom stereocenters. The van der Waals surface area contributed by atoms with E-state index in [0.29, 0.717) is 12.8 Å². The first kappa shape index (κ1) is 31.9. The molecule has 0 radical (unpaired) electrons. The molecule has 0 saturated carbocycles. The van der Waals surface area contributed by atoms with E-state index < -0.39 is 6.29 Å². The molecule has 2 aromatic rings. The minimum atomic E-state index is -0.551. The fourth-order valence-electron chi connectivity index (χ4n) is 4.83. The second kappa shape index (κ2) is 18.8. The van der Waals surface area contributed by atoms with Crippen LogP contribution in [0.2, 0.25) is 0 Å². The van der Waals surface area contributed by atoms with Gasteiger partial charge < -0.3 is 14.0 Å². The number of hydrogen-bond donors (Lipinski definition) is 0. The first-order valence-electron chi connectivity index (χ1n) is 15.2. The molecule has 0 saturated heterocycles. The van der Waals surface area contributed by atoms with Crippen molar-refractivity contribution in [1.82, 2.24) is 0 Å². The van der Waals surface area contributed by atoms with Gasteiger partial charge in [0.15, 0.2) is 0 Å². The van der Waals surface area contributed by atoms with Crippen LogP contribution in [0.25, 0.3) is 0 Å². The van der Waals surface area contributed by atoms with Gasteiger partial charge in [0, 0.05) is 12.0 Å². The van der Waals surface area contributed by atoms with Crippen molar-refractivity contribution in [3.63, 3.8) is 0 Å². The Hall–Kier alpha value is -2.33. The molecule has 0 aliphatic rings. The van der Waals surface area contributed by atoms with Crippen molar-refractivity contribution in [2.45, 2.75) is 117 Å². The molecule has 0 heterocycles. The maximum Gasteiger partial charge on any atom is 0.314 e. The van der Waals surface area contributed by atoms with E-state index in [2.05, 4.69) is 57.4 Å². The number of hydrogen-bond acceptors (Lipinski definition) is 3. The Balaban J connectivity index is 1.60. The molecule has 212 valence electrons. The van der Waals surface area contributed by atoms with Crippen molar-refractivity contribution in [3.8, 4) is 5.75 Å². The van der Waals surface area contributed by atoms with Gasteiger partial charge in [-0.15, -0.1) is 0 Å². The third-order valence-corrected chi connectivity index (χ3v) is 7.23. The van der Waals surface area contributed by atoms with Crippen LogP contribution in [0.15, 0.2) is 54.6 Å². The van der Waals surface area contributed by atoms with Crippen molar-refractivity contribution in [3.05, 3.63) is 65.7 Å². The highest BCUT2D eigenvalue weighted by atomic mass is 16.7. The second-order valence-electron chi connectivity index (χ2n) is 11.4. The van der Waals surface area contributed by atoms with E-state index >= 15 is 0 Å². The number of benzene rings is 2. The first-order valence-corrected chi connectivity index (χ1v) is 15.2. The van der Waals surface area contributed by atoms with E-state index in [1.807, 2.05) is 25.1 Å². The van der Waals surface area contributed by atoms with Gasteiger partial charge in [-0.1, -0.05) is 121 Å². The maximum absolute atomic E-state index is 12.5. The molecule has 4 heteroatoms. The fraction of sp³-hybridized carbons (Fsp3) is 0.618. The molecule has 38 heavy (non-hydrogen) atoms. The van der Waals surface area contributed by atoms with E-state index in [-0.39, 0.29) is 5.97 Å². The molecule has 0 aliphatic carbocycles. The van der Waals surface area contributed by atoms with Gasteiger partial charge >= 0.3 is 5.97 Å². The second-order valence-corrected chi connectivity index (χ2v) is 11.4. The number of esters is 1. The lowest BCUT2D eigenvalue weighted by molar-refractivity contribution is -0.903. The summed E-state index contributed by atoms with van der Waals surface area (Å²) in [6.07, 6.45) is 16.6. The van der Waals surface area contributed by atoms with Crippen LogP contribution >= 0.6 is 0 Å². The number of carbonyl (C=O) groups excluding carboxylic acids is 1. The van der Waals surface area contributed by atoms with Crippen LogP contribution in [0.1, 0.15) is 108 Å². The standard InChI is InChI=1S/C34H54NO3/c1-5-7-8-9-10-11-12-13-14-15-17-20-30-23-25-32(26-24-30)37-34(6-2)38-33(36)27-28-35(3,4)29-31-21-18-16-19-22-31/h16,18-19,21-26,34H,5-15,17,20,27-29H2,1-4H3/q+1. The molecular formula is C34H54NO3+. The number of nitrogens with zero attached hydrogens (tertiary/aromatic N) is 1. The molecule has 1 unspecified atom stereocenters. The van der Waals surface area contributed by atoms with Crippen LogP contribution < -0.4 is 4.74 Å². The summed E-state index contributed by atoms with van der Waals surface area (Å²) in [6.45, 7) is 5.86. The molecule has 0 aromatic heterocycles. The molecule has 0 spiro atoms. The average molecular weight is 525 g/mol. The third kappa shape index (κ3) is 14.6. The zero-order valence-electron chi connectivity index (χ0n) is 24.8. The fourth-order valence-corrected chi connectivity index (χ4v) is 4.83. The highest BCUT2D eigenvalue weighted by molar-refractivity contribution is 5.69. The number of rotatable bonds is 21. The first-order chi connectivity index (χ1) is 18.4. The van der Waals surface area contributed by atoms with Crippen LogP contribution in [0.3, 0.4) is 0 Å². The van der Waals surface area contributed by atoms with Gasteiger partial charge in [0.25, 0.3) is 0 Å². The van der Waals surface area contributed by atoms with Gasteiger partial charge in [-0.25, -0.2) is 0 Å². The summed E-state index contributed by atoms with van der Waals surface area (Å²) in [5.74, 6) is 0.553. The largest absolute Gasteiger partial charge is 0.455 e. The lowest BCUT2D eigenvalue weighted by Crippen LogP contribution is -2.41. The molecule has 0 fully saturated rings. The molecule has 2 aromatic carbocycles. The van der Waals surface area contributed by atoms with E-state index in [1.54, 1.807) is 0 Å². The lowest BCUT2D eigenvalue weighted by Gasteiger charge is -2.29. The Morgan fingerprint density at radius 3 is 1.89 bits per heavy atom. The van der Waals surface area contributed by atoms with Gasteiger partial charge in [-0.2, -0.15) is 0 Å². The van der Waals surface area contributed by atoms with Crippen molar-refractivity contribution in [1.29, 1.82) is 0 Å². The summed E-state index contributed by atoms with van der Waals surface area (Å²) in [4.78, 5) is 12.5. The lowest BCUT2D eigenvalue weighted by atomic mass is 10.0. The van der Waals surface area contributed by atoms with Crippen molar-refractivity contribution < 1.29 is 18.8 Å². The SMILES string of the molecule is CCCCCCCCCCCCCc1ccc(OC(CC)OC(=O)CC[N+](C)(C)Cc2ccccc2)cc1. The van der Waals surface area contributed by atoms with Crippen molar-refractivity contribution in [2.24, 2.45) is 0 Å². The van der Waals surface area contributed by atoms with Gasteiger partial charge in [0.1, 0.15) is 12.3 Å². The van der Waals surface area contributed by atoms with Gasteiger partial charge in [-0.3, -0.25) is 4.79 Å². The predicted octanol–water partition coefficient (Wildman–Crippen LogP) is 8.86. The molecule has 0 N–H and O–H groups in total. The van der Waals surface area contributed by atoms with Crippen molar-refractivity contribution >= 4 is 5.97 Å². The minimum absolute atomic E-state index is 0.204. The molecule has 4 nitrogen and oxygen atoms in total. The summed E-state index contributed by atoms with van der Waals surface area (Å²) >= 11 is 0. The predicted molar refractivity (Wildman–Crippen MR) is 159 cm³/mol. The number of aryl methyl sites for hydroxylation is 1. The Morgan fingerprint density at radius 1 is 0.737 bits per heavy atom. The summed E-state index contributed by atoms with van der Waals surface area (Å²) in [6, 6.07) is 18.7. The van der Waals surface area contributed by atoms with Gasteiger partial charge in [-0.05, 0) is 30.5 Å². The monoisotopic (exact) mass is 524 g/mol. The zero-order chi connectivity index (χ0) is 27.5. The highest BCUT2D eigenvalue weighted by Gasteiger charge is 2.21. The summed E-state index contributed by atoms with van der Waals surface area (Å²) < 4.78 is 12.4. The third-order valence-electron chi connectivity index (χ3n) is 7.23. The normalized spacial score (nSPS) is 12.3. The van der Waals surface area contributed by atoms with Crippen molar-refractivity contribution in [2.75, 3.05) is 20.6 Å². The highest BCUT2D eigenvalue weighted by Crippen LogP contribution is 2.19. The number of ether oxygens (including phenoxy) is 2. The maximum atomic E-state index is 12.5. The minimum Gasteiger partial charge on any atom is -0.455 e. The Morgan fingerprint density at radius 2 is 1.32 bits per heavy atom. The Kier molecular flexibility index (Phi) is 15.8. The smallest absolute Gasteiger partial charge is 0.314 e. The molecule has 2 rings (SSSR count). The van der Waals surface area contributed by atoms with E-state index in [0.717, 1.165) is 29.7 Å². The Bertz CT molecular complexity index is 863. The number of carbonyl (C=O) groups is 1. The molecule has 0 amide bonds. The topological polar surface area (TPSA) is 35.5 Å². The van der Waals surface area contributed by atoms with Crippen LogP contribution in [0.4, 0.5) is 0 Å². The zero-order valence-corrected chi connectivity index (χ0v) is 24.8. The molecule has 0 aliphatic heterocycles. The summed E-state index contributed by atoms with van der Waals surface area (Å²) in [7, 11) is 4.29. The summed E-state index contributed by atoms with van der Waals surface area (Å²) in [5, 5.41) is 0. The molecular weight excluding hydrogens is 470 g/mol. The van der Waals surface area contributed by atoms with Crippen LogP contribution in [0.5, 0.6) is 5.75 Å². The average Bonchev–Trinajstić information content (AvgIpc) is 2.91. The summed E-state index contributed by atoms with van der Waals surface area (Å²) in [5.41, 5.74) is 2.62.